The molecule has 0 bridgehead atoms. The average molecular weight is 515 g/mol. The molecule has 0 saturated carbocycles. The van der Waals surface area contributed by atoms with Crippen LogP contribution in [0.5, 0.6) is 0 Å². The molecule has 3 atom stereocenters. The fourth-order valence-electron chi connectivity index (χ4n) is 4.49. The molecule has 0 aromatic heterocycles. The van der Waals surface area contributed by atoms with Crippen molar-refractivity contribution in [2.75, 3.05) is 52.9 Å². The molecule has 164 valence electrons. The predicted octanol–water partition coefficient (Wildman–Crippen LogP) is 2.50. The first-order valence-corrected chi connectivity index (χ1v) is 10.8. The summed E-state index contributed by atoms with van der Waals surface area (Å²) in [5.41, 5.74) is 1.37. The topological polar surface area (TPSA) is 43.3 Å². The molecule has 0 amide bonds. The molecule has 7 heteroatoms. The Balaban J connectivity index is 0.00000300. The van der Waals surface area contributed by atoms with Crippen LogP contribution in [-0.2, 0) is 11.3 Å². The summed E-state index contributed by atoms with van der Waals surface area (Å²) in [4.78, 5) is 12.0. The highest BCUT2D eigenvalue weighted by Gasteiger charge is 2.41. The van der Waals surface area contributed by atoms with E-state index < -0.39 is 0 Å². The van der Waals surface area contributed by atoms with Crippen LogP contribution in [0.3, 0.4) is 0 Å². The Morgan fingerprint density at radius 3 is 2.62 bits per heavy atom. The van der Waals surface area contributed by atoms with Gasteiger partial charge in [0.1, 0.15) is 0 Å². The van der Waals surface area contributed by atoms with E-state index >= 15 is 0 Å². The molecule has 1 N–H and O–H groups in total. The summed E-state index contributed by atoms with van der Waals surface area (Å²) >= 11 is 0. The lowest BCUT2D eigenvalue weighted by atomic mass is 10.1. The Labute approximate surface area is 193 Å². The van der Waals surface area contributed by atoms with Gasteiger partial charge in [-0.25, -0.2) is 0 Å². The molecule has 29 heavy (non-hydrogen) atoms. The van der Waals surface area contributed by atoms with Gasteiger partial charge < -0.3 is 15.0 Å². The monoisotopic (exact) mass is 515 g/mol. The Kier molecular flexibility index (Phi) is 10.1. The van der Waals surface area contributed by atoms with Crippen molar-refractivity contribution in [3.63, 3.8) is 0 Å². The van der Waals surface area contributed by atoms with Crippen LogP contribution < -0.4 is 5.32 Å². The third kappa shape index (κ3) is 6.29. The zero-order valence-electron chi connectivity index (χ0n) is 18.4. The second kappa shape index (κ2) is 12.1. The highest BCUT2D eigenvalue weighted by molar-refractivity contribution is 14.0. The van der Waals surface area contributed by atoms with E-state index in [0.29, 0.717) is 12.1 Å². The molecule has 2 fully saturated rings. The van der Waals surface area contributed by atoms with E-state index in [1.54, 1.807) is 0 Å². The lowest BCUT2D eigenvalue weighted by Gasteiger charge is -2.36. The summed E-state index contributed by atoms with van der Waals surface area (Å²) in [5, 5.41) is 3.59. The van der Waals surface area contributed by atoms with Gasteiger partial charge in [-0.2, -0.15) is 0 Å². The first-order valence-electron chi connectivity index (χ1n) is 10.8. The van der Waals surface area contributed by atoms with Gasteiger partial charge in [0.15, 0.2) is 5.96 Å². The van der Waals surface area contributed by atoms with E-state index in [9.17, 15) is 0 Å². The van der Waals surface area contributed by atoms with Crippen molar-refractivity contribution in [2.24, 2.45) is 4.99 Å². The Bertz CT molecular complexity index is 625. The number of nitrogens with one attached hydrogen (secondary N) is 1. The molecule has 0 aliphatic carbocycles. The molecule has 0 spiro atoms. The van der Waals surface area contributed by atoms with Gasteiger partial charge in [0.05, 0.1) is 18.8 Å². The van der Waals surface area contributed by atoms with Gasteiger partial charge >= 0.3 is 0 Å². The van der Waals surface area contributed by atoms with Crippen molar-refractivity contribution in [3.8, 4) is 0 Å². The lowest BCUT2D eigenvalue weighted by molar-refractivity contribution is -0.0502. The number of aliphatic imine (C=N–C) groups is 1. The maximum absolute atomic E-state index is 6.12. The minimum Gasteiger partial charge on any atom is -0.373 e. The Morgan fingerprint density at radius 1 is 1.24 bits per heavy atom. The molecular formula is C22H38IN5O. The number of hydrogen-bond donors (Lipinski definition) is 1. The highest BCUT2D eigenvalue weighted by Crippen LogP contribution is 2.24. The molecule has 3 unspecified atom stereocenters. The van der Waals surface area contributed by atoms with E-state index in [2.05, 4.69) is 76.1 Å². The normalized spacial score (nSPS) is 23.6. The molecule has 6 nitrogen and oxygen atoms in total. The predicted molar refractivity (Wildman–Crippen MR) is 131 cm³/mol. The molecule has 2 heterocycles. The van der Waals surface area contributed by atoms with Crippen molar-refractivity contribution in [3.05, 3.63) is 35.9 Å². The molecule has 1 aromatic rings. The number of nitrogens with zero attached hydrogens (tertiary/aromatic N) is 4. The molecule has 1 aromatic carbocycles. The third-order valence-electron chi connectivity index (χ3n) is 6.15. The number of ether oxygens (including phenoxy) is 1. The summed E-state index contributed by atoms with van der Waals surface area (Å²) in [6.07, 6.45) is 0.260. The van der Waals surface area contributed by atoms with Crippen LogP contribution in [-0.4, -0.2) is 91.8 Å². The molecule has 0 radical (unpaired) electrons. The number of halogens is 1. The van der Waals surface area contributed by atoms with E-state index in [1.807, 2.05) is 7.05 Å². The largest absolute Gasteiger partial charge is 0.373 e. The van der Waals surface area contributed by atoms with Gasteiger partial charge in [0, 0.05) is 45.8 Å². The van der Waals surface area contributed by atoms with Crippen molar-refractivity contribution in [1.29, 1.82) is 0 Å². The minimum absolute atomic E-state index is 0. The van der Waals surface area contributed by atoms with Gasteiger partial charge in [-0.1, -0.05) is 44.2 Å². The number of morpholine rings is 1. The summed E-state index contributed by atoms with van der Waals surface area (Å²) in [6.45, 7) is 14.5. The zero-order valence-corrected chi connectivity index (χ0v) is 20.7. The van der Waals surface area contributed by atoms with Gasteiger partial charge in [0.2, 0.25) is 0 Å². The van der Waals surface area contributed by atoms with E-state index in [1.165, 1.54) is 5.56 Å². The summed E-state index contributed by atoms with van der Waals surface area (Å²) in [5.74, 6) is 0.997. The zero-order chi connectivity index (χ0) is 19.9. The van der Waals surface area contributed by atoms with E-state index in [0.717, 1.165) is 58.4 Å². The van der Waals surface area contributed by atoms with Crippen LogP contribution in [0, 0.1) is 0 Å². The van der Waals surface area contributed by atoms with Crippen LogP contribution in [0.4, 0.5) is 0 Å². The maximum Gasteiger partial charge on any atom is 0.193 e. The number of benzene rings is 1. The summed E-state index contributed by atoms with van der Waals surface area (Å²) in [6, 6.07) is 11.7. The number of likely N-dealkylation sites (tertiary alicyclic amines) is 1. The van der Waals surface area contributed by atoms with Crippen molar-refractivity contribution in [1.82, 2.24) is 20.0 Å². The lowest BCUT2D eigenvalue weighted by Crippen LogP contribution is -2.50. The number of rotatable bonds is 7. The smallest absolute Gasteiger partial charge is 0.193 e. The Hall–Kier alpha value is -0.900. The van der Waals surface area contributed by atoms with Crippen molar-refractivity contribution >= 4 is 29.9 Å². The number of fused-ring (bicyclic) bond motifs is 1. The van der Waals surface area contributed by atoms with Crippen LogP contribution in [0.1, 0.15) is 26.3 Å². The standard InChI is InChI=1S/C22H37N5O.HI/c1-5-25(6-2)18(3)14-24-22(23-4)27-16-20-21(17-27)28-13-12-26(20)15-19-10-8-7-9-11-19;/h7-11,18,20-21H,5-6,12-17H2,1-4H3,(H,23,24);1H. The fraction of sp³-hybridized carbons (Fsp3) is 0.682. The quantitative estimate of drug-likeness (QED) is 0.344. The molecule has 3 rings (SSSR count). The van der Waals surface area contributed by atoms with Gasteiger partial charge in [-0.15, -0.1) is 24.0 Å². The molecular weight excluding hydrogens is 477 g/mol. The van der Waals surface area contributed by atoms with Crippen LogP contribution in [0.15, 0.2) is 35.3 Å². The average Bonchev–Trinajstić information content (AvgIpc) is 3.15. The van der Waals surface area contributed by atoms with Crippen molar-refractivity contribution < 1.29 is 4.74 Å². The van der Waals surface area contributed by atoms with E-state index in [4.69, 9.17) is 4.74 Å². The van der Waals surface area contributed by atoms with Gasteiger partial charge in [-0.3, -0.25) is 14.8 Å². The summed E-state index contributed by atoms with van der Waals surface area (Å²) in [7, 11) is 1.88. The fourth-order valence-corrected chi connectivity index (χ4v) is 4.49. The number of likely N-dealkylation sites (N-methyl/N-ethyl adjacent to an activating group) is 1. The van der Waals surface area contributed by atoms with E-state index in [-0.39, 0.29) is 30.1 Å². The Morgan fingerprint density at radius 2 is 1.97 bits per heavy atom. The SMILES string of the molecule is CCN(CC)C(C)CNC(=NC)N1CC2OCCN(Cc3ccccc3)C2C1.I. The van der Waals surface area contributed by atoms with Crippen LogP contribution in [0.25, 0.3) is 0 Å². The maximum atomic E-state index is 6.12. The van der Waals surface area contributed by atoms with Crippen LogP contribution >= 0.6 is 24.0 Å². The minimum atomic E-state index is 0. The molecule has 2 aliphatic heterocycles. The summed E-state index contributed by atoms with van der Waals surface area (Å²) < 4.78 is 6.12. The van der Waals surface area contributed by atoms with Gasteiger partial charge in [-0.05, 0) is 25.6 Å². The van der Waals surface area contributed by atoms with Gasteiger partial charge in [0.25, 0.3) is 0 Å². The number of guanidine groups is 1. The highest BCUT2D eigenvalue weighted by atomic mass is 127. The number of hydrogen-bond acceptors (Lipinski definition) is 4. The second-order valence-corrected chi connectivity index (χ2v) is 7.84. The first kappa shape index (κ1) is 24.4. The molecule has 2 saturated heterocycles. The molecule has 2 aliphatic rings. The van der Waals surface area contributed by atoms with Crippen molar-refractivity contribution in [2.45, 2.75) is 45.5 Å². The second-order valence-electron chi connectivity index (χ2n) is 7.84. The first-order chi connectivity index (χ1) is 13.7. The third-order valence-corrected chi connectivity index (χ3v) is 6.15. The van der Waals surface area contributed by atoms with Crippen LogP contribution in [0.2, 0.25) is 0 Å².